The third kappa shape index (κ3) is 2.83. The van der Waals surface area contributed by atoms with E-state index in [1.165, 1.54) is 0 Å². The quantitative estimate of drug-likeness (QED) is 0.894. The van der Waals surface area contributed by atoms with Gasteiger partial charge in [-0.3, -0.25) is 10.1 Å². The predicted octanol–water partition coefficient (Wildman–Crippen LogP) is 1.65. The number of thioether (sulfide) groups is 1. The van der Waals surface area contributed by atoms with Crippen molar-refractivity contribution in [2.24, 2.45) is 0 Å². The third-order valence-electron chi connectivity index (χ3n) is 2.94. The molecule has 1 aliphatic heterocycles. The summed E-state index contributed by atoms with van der Waals surface area (Å²) in [5.74, 6) is 2.57. The zero-order chi connectivity index (χ0) is 13.9. The molecule has 7 heteroatoms. The first-order valence-corrected chi connectivity index (χ1v) is 7.40. The summed E-state index contributed by atoms with van der Waals surface area (Å²) in [4.78, 5) is 12.0. The molecule has 0 saturated carbocycles. The molecular weight excluding hydrogens is 276 g/mol. The number of carbonyl (C=O) groups excluding carboxylic acids is 1. The molecule has 1 aromatic heterocycles. The van der Waals surface area contributed by atoms with E-state index in [9.17, 15) is 4.79 Å². The molecule has 2 N–H and O–H groups in total. The minimum atomic E-state index is -0.130. The Morgan fingerprint density at radius 1 is 1.50 bits per heavy atom. The zero-order valence-corrected chi connectivity index (χ0v) is 11.7. The van der Waals surface area contributed by atoms with Crippen LogP contribution < -0.4 is 10.6 Å². The van der Waals surface area contributed by atoms with E-state index in [0.717, 1.165) is 22.9 Å². The summed E-state index contributed by atoms with van der Waals surface area (Å²) in [6.07, 6.45) is 0. The highest BCUT2D eigenvalue weighted by atomic mass is 32.2. The molecule has 104 valence electrons. The molecule has 1 amide bonds. The summed E-state index contributed by atoms with van der Waals surface area (Å²) in [6.45, 7) is 1.74. The number of amides is 1. The fourth-order valence-electron chi connectivity index (χ4n) is 1.94. The van der Waals surface area contributed by atoms with Gasteiger partial charge < -0.3 is 9.73 Å². The smallest absolute Gasteiger partial charge is 0.247 e. The van der Waals surface area contributed by atoms with Crippen molar-refractivity contribution >= 4 is 23.4 Å². The number of nitrogens with zero attached hydrogens (tertiary/aromatic N) is 2. The molecule has 1 aliphatic rings. The summed E-state index contributed by atoms with van der Waals surface area (Å²) < 4.78 is 5.38. The largest absolute Gasteiger partial charge is 0.421 e. The van der Waals surface area contributed by atoms with E-state index in [2.05, 4.69) is 20.8 Å². The SMILES string of the molecule is Cc1nnc(-c2cccc(NC(=O)C3CSCN3)c2)o1. The average Bonchev–Trinajstić information content (AvgIpc) is 3.10. The van der Waals surface area contributed by atoms with Gasteiger partial charge in [-0.25, -0.2) is 0 Å². The maximum absolute atomic E-state index is 12.0. The van der Waals surface area contributed by atoms with Gasteiger partial charge in [-0.15, -0.1) is 22.0 Å². The van der Waals surface area contributed by atoms with E-state index in [1.807, 2.05) is 24.3 Å². The van der Waals surface area contributed by atoms with Gasteiger partial charge in [0.15, 0.2) is 0 Å². The Morgan fingerprint density at radius 3 is 3.10 bits per heavy atom. The lowest BCUT2D eigenvalue weighted by Crippen LogP contribution is -2.37. The highest BCUT2D eigenvalue weighted by molar-refractivity contribution is 7.99. The Morgan fingerprint density at radius 2 is 2.40 bits per heavy atom. The van der Waals surface area contributed by atoms with Crippen LogP contribution in [0.2, 0.25) is 0 Å². The minimum Gasteiger partial charge on any atom is -0.421 e. The number of hydrogen-bond acceptors (Lipinski definition) is 6. The number of carbonyl (C=O) groups is 1. The molecular formula is C13H14N4O2S. The number of aryl methyl sites for hydroxylation is 1. The van der Waals surface area contributed by atoms with Crippen LogP contribution >= 0.6 is 11.8 Å². The van der Waals surface area contributed by atoms with Gasteiger partial charge in [0.05, 0.1) is 6.04 Å². The summed E-state index contributed by atoms with van der Waals surface area (Å²) in [7, 11) is 0. The Balaban J connectivity index is 1.75. The first kappa shape index (κ1) is 13.1. The summed E-state index contributed by atoms with van der Waals surface area (Å²) in [6, 6.07) is 7.25. The maximum Gasteiger partial charge on any atom is 0.247 e. The number of anilines is 1. The van der Waals surface area contributed by atoms with Gasteiger partial charge in [0.1, 0.15) is 0 Å². The second-order valence-corrected chi connectivity index (χ2v) is 5.50. The first-order valence-electron chi connectivity index (χ1n) is 6.25. The van der Waals surface area contributed by atoms with E-state index in [-0.39, 0.29) is 11.9 Å². The molecule has 20 heavy (non-hydrogen) atoms. The van der Waals surface area contributed by atoms with Crippen molar-refractivity contribution in [1.82, 2.24) is 15.5 Å². The van der Waals surface area contributed by atoms with Crippen molar-refractivity contribution in [3.05, 3.63) is 30.2 Å². The van der Waals surface area contributed by atoms with Crippen LogP contribution in [0.25, 0.3) is 11.5 Å². The number of rotatable bonds is 3. The van der Waals surface area contributed by atoms with Crippen molar-refractivity contribution in [2.75, 3.05) is 16.9 Å². The summed E-state index contributed by atoms with van der Waals surface area (Å²) >= 11 is 1.72. The number of benzene rings is 1. The zero-order valence-electron chi connectivity index (χ0n) is 10.9. The molecule has 1 saturated heterocycles. The van der Waals surface area contributed by atoms with E-state index >= 15 is 0 Å². The van der Waals surface area contributed by atoms with Gasteiger partial charge in [0.2, 0.25) is 17.7 Å². The molecule has 0 radical (unpaired) electrons. The second kappa shape index (κ2) is 5.64. The lowest BCUT2D eigenvalue weighted by atomic mass is 10.2. The minimum absolute atomic E-state index is 0.0196. The van der Waals surface area contributed by atoms with Gasteiger partial charge in [0.25, 0.3) is 0 Å². The molecule has 1 aromatic carbocycles. The Hall–Kier alpha value is -1.86. The highest BCUT2D eigenvalue weighted by Crippen LogP contribution is 2.21. The van der Waals surface area contributed by atoms with Crippen molar-refractivity contribution in [2.45, 2.75) is 13.0 Å². The van der Waals surface area contributed by atoms with Crippen molar-refractivity contribution in [1.29, 1.82) is 0 Å². The fraction of sp³-hybridized carbons (Fsp3) is 0.308. The predicted molar refractivity (Wildman–Crippen MR) is 77.3 cm³/mol. The van der Waals surface area contributed by atoms with Crippen LogP contribution in [-0.2, 0) is 4.79 Å². The first-order chi connectivity index (χ1) is 9.72. The van der Waals surface area contributed by atoms with E-state index in [1.54, 1.807) is 18.7 Å². The van der Waals surface area contributed by atoms with Crippen molar-refractivity contribution < 1.29 is 9.21 Å². The van der Waals surface area contributed by atoms with Crippen LogP contribution in [0.1, 0.15) is 5.89 Å². The van der Waals surface area contributed by atoms with Gasteiger partial charge in [-0.05, 0) is 18.2 Å². The van der Waals surface area contributed by atoms with Crippen LogP contribution in [0, 0.1) is 6.92 Å². The molecule has 6 nitrogen and oxygen atoms in total. The lowest BCUT2D eigenvalue weighted by molar-refractivity contribution is -0.117. The molecule has 0 aliphatic carbocycles. The van der Waals surface area contributed by atoms with Crippen LogP contribution in [0.15, 0.2) is 28.7 Å². The van der Waals surface area contributed by atoms with Crippen molar-refractivity contribution in [3.63, 3.8) is 0 Å². The van der Waals surface area contributed by atoms with Crippen LogP contribution in [0.5, 0.6) is 0 Å². The number of aromatic nitrogens is 2. The molecule has 2 aromatic rings. The third-order valence-corrected chi connectivity index (χ3v) is 3.88. The van der Waals surface area contributed by atoms with Crippen LogP contribution in [-0.4, -0.2) is 33.8 Å². The molecule has 1 fully saturated rings. The summed E-state index contributed by atoms with van der Waals surface area (Å²) in [5, 5.41) is 13.8. The number of nitrogens with one attached hydrogen (secondary N) is 2. The second-order valence-electron chi connectivity index (χ2n) is 4.47. The average molecular weight is 290 g/mol. The van der Waals surface area contributed by atoms with Crippen LogP contribution in [0.3, 0.4) is 0 Å². The number of hydrogen-bond donors (Lipinski definition) is 2. The normalized spacial score (nSPS) is 18.1. The molecule has 1 atom stereocenters. The molecule has 2 heterocycles. The van der Waals surface area contributed by atoms with Gasteiger partial charge in [-0.2, -0.15) is 0 Å². The van der Waals surface area contributed by atoms with E-state index in [0.29, 0.717) is 11.8 Å². The topological polar surface area (TPSA) is 80.0 Å². The van der Waals surface area contributed by atoms with Gasteiger partial charge in [-0.1, -0.05) is 6.07 Å². The monoisotopic (exact) mass is 290 g/mol. The lowest BCUT2D eigenvalue weighted by Gasteiger charge is -2.10. The molecule has 1 unspecified atom stereocenters. The van der Waals surface area contributed by atoms with E-state index in [4.69, 9.17) is 4.42 Å². The Labute approximate surface area is 120 Å². The molecule has 0 spiro atoms. The van der Waals surface area contributed by atoms with Crippen molar-refractivity contribution in [3.8, 4) is 11.5 Å². The van der Waals surface area contributed by atoms with Gasteiger partial charge in [0, 0.05) is 29.8 Å². The fourth-order valence-corrected chi connectivity index (χ4v) is 2.88. The maximum atomic E-state index is 12.0. The Kier molecular flexibility index (Phi) is 3.70. The summed E-state index contributed by atoms with van der Waals surface area (Å²) in [5.41, 5.74) is 1.51. The Bertz CT molecular complexity index is 622. The standard InChI is InChI=1S/C13H14N4O2S/c1-8-16-17-13(19-8)9-3-2-4-10(5-9)15-12(18)11-6-20-7-14-11/h2-5,11,14H,6-7H2,1H3,(H,15,18). The van der Waals surface area contributed by atoms with Gasteiger partial charge >= 0.3 is 0 Å². The molecule has 0 bridgehead atoms. The van der Waals surface area contributed by atoms with Crippen LogP contribution in [0.4, 0.5) is 5.69 Å². The highest BCUT2D eigenvalue weighted by Gasteiger charge is 2.22. The molecule has 3 rings (SSSR count). The van der Waals surface area contributed by atoms with E-state index < -0.39 is 0 Å².